The van der Waals surface area contributed by atoms with E-state index in [9.17, 15) is 8.78 Å². The lowest BCUT2D eigenvalue weighted by Crippen LogP contribution is -2.55. The summed E-state index contributed by atoms with van der Waals surface area (Å²) < 4.78 is 35.0. The minimum Gasteiger partial charge on any atom is -0.435 e. The van der Waals surface area contributed by atoms with Gasteiger partial charge in [0.2, 0.25) is 0 Å². The first-order chi connectivity index (χ1) is 10.2. The topological polar surface area (TPSA) is 30.5 Å². The van der Waals surface area contributed by atoms with Crippen molar-refractivity contribution in [3.63, 3.8) is 0 Å². The smallest absolute Gasteiger partial charge is 0.387 e. The van der Waals surface area contributed by atoms with Crippen LogP contribution >= 0.6 is 0 Å². The summed E-state index contributed by atoms with van der Waals surface area (Å²) in [5, 5.41) is 3.63. The Hall–Kier alpha value is -1.20. The van der Waals surface area contributed by atoms with Gasteiger partial charge in [0.15, 0.2) is 0 Å². The van der Waals surface area contributed by atoms with Gasteiger partial charge in [-0.05, 0) is 30.5 Å². The molecule has 21 heavy (non-hydrogen) atoms. The summed E-state index contributed by atoms with van der Waals surface area (Å²) in [6, 6.07) is 6.79. The minimum absolute atomic E-state index is 0.0984. The number of ether oxygens (including phenoxy) is 2. The lowest BCUT2D eigenvalue weighted by atomic mass is 9.81. The molecule has 1 N–H and O–H groups in total. The number of benzene rings is 1. The molecule has 2 fully saturated rings. The fourth-order valence-electron chi connectivity index (χ4n) is 3.33. The highest BCUT2D eigenvalue weighted by atomic mass is 19.3. The summed E-state index contributed by atoms with van der Waals surface area (Å²) in [4.78, 5) is 0. The normalized spacial score (nSPS) is 25.2. The molecule has 1 unspecified atom stereocenters. The Morgan fingerprint density at radius 3 is 2.71 bits per heavy atom. The second kappa shape index (κ2) is 6.28. The molecule has 1 atom stereocenters. The van der Waals surface area contributed by atoms with Gasteiger partial charge in [0.05, 0.1) is 12.7 Å². The highest BCUT2D eigenvalue weighted by Gasteiger charge is 2.36. The standard InChI is InChI=1S/C16H21F2NO2/c17-15(18)21-13-6-4-5-12(9-13)14-10-19-16(11-20-14)7-2-1-3-8-16/h4-6,9,14-15,19H,1-3,7-8,10-11H2. The van der Waals surface area contributed by atoms with Crippen molar-refractivity contribution in [3.8, 4) is 5.75 Å². The summed E-state index contributed by atoms with van der Waals surface area (Å²) >= 11 is 0. The van der Waals surface area contributed by atoms with Gasteiger partial charge < -0.3 is 14.8 Å². The van der Waals surface area contributed by atoms with Crippen LogP contribution in [0.15, 0.2) is 24.3 Å². The molecule has 1 saturated heterocycles. The molecular formula is C16H21F2NO2. The average Bonchev–Trinajstić information content (AvgIpc) is 2.48. The van der Waals surface area contributed by atoms with Crippen LogP contribution in [0.4, 0.5) is 8.78 Å². The van der Waals surface area contributed by atoms with Gasteiger partial charge in [-0.25, -0.2) is 0 Å². The fraction of sp³-hybridized carbons (Fsp3) is 0.625. The number of morpholine rings is 1. The van der Waals surface area contributed by atoms with Crippen LogP contribution in [0.1, 0.15) is 43.8 Å². The van der Waals surface area contributed by atoms with Crippen molar-refractivity contribution in [2.24, 2.45) is 0 Å². The zero-order valence-electron chi connectivity index (χ0n) is 12.0. The van der Waals surface area contributed by atoms with Gasteiger partial charge in [-0.1, -0.05) is 31.4 Å². The van der Waals surface area contributed by atoms with E-state index in [0.717, 1.165) is 24.9 Å². The first kappa shape index (κ1) is 14.7. The van der Waals surface area contributed by atoms with E-state index >= 15 is 0 Å². The molecule has 1 saturated carbocycles. The Kier molecular flexibility index (Phi) is 4.40. The quantitative estimate of drug-likeness (QED) is 0.923. The lowest BCUT2D eigenvalue weighted by Gasteiger charge is -2.43. The molecule has 3 nitrogen and oxygen atoms in total. The molecule has 0 bridgehead atoms. The van der Waals surface area contributed by atoms with E-state index in [1.54, 1.807) is 12.1 Å². The third-order valence-corrected chi connectivity index (χ3v) is 4.49. The van der Waals surface area contributed by atoms with E-state index in [0.29, 0.717) is 6.61 Å². The average molecular weight is 297 g/mol. The number of hydrogen-bond acceptors (Lipinski definition) is 3. The van der Waals surface area contributed by atoms with Crippen LogP contribution in [0.2, 0.25) is 0 Å². The molecule has 1 heterocycles. The predicted molar refractivity (Wildman–Crippen MR) is 75.6 cm³/mol. The van der Waals surface area contributed by atoms with E-state index in [-0.39, 0.29) is 17.4 Å². The highest BCUT2D eigenvalue weighted by Crippen LogP contribution is 2.34. The molecule has 0 amide bonds. The number of rotatable bonds is 3. The van der Waals surface area contributed by atoms with Crippen molar-refractivity contribution in [2.45, 2.75) is 50.4 Å². The second-order valence-corrected chi connectivity index (χ2v) is 5.97. The molecule has 1 aromatic carbocycles. The van der Waals surface area contributed by atoms with Crippen LogP contribution in [-0.4, -0.2) is 25.3 Å². The number of hydrogen-bond donors (Lipinski definition) is 1. The van der Waals surface area contributed by atoms with Gasteiger partial charge in [0.25, 0.3) is 0 Å². The first-order valence-corrected chi connectivity index (χ1v) is 7.58. The zero-order valence-corrected chi connectivity index (χ0v) is 12.0. The molecule has 1 aliphatic heterocycles. The molecule has 2 aliphatic rings. The summed E-state index contributed by atoms with van der Waals surface area (Å²) in [6.45, 7) is -1.38. The molecule has 1 spiro atoms. The van der Waals surface area contributed by atoms with E-state index in [1.165, 1.54) is 25.3 Å². The van der Waals surface area contributed by atoms with Crippen LogP contribution < -0.4 is 10.1 Å². The molecular weight excluding hydrogens is 276 g/mol. The van der Waals surface area contributed by atoms with Gasteiger partial charge in [-0.2, -0.15) is 8.78 Å². The van der Waals surface area contributed by atoms with Crippen LogP contribution in [0.5, 0.6) is 5.75 Å². The van der Waals surface area contributed by atoms with Crippen molar-refractivity contribution in [2.75, 3.05) is 13.2 Å². The monoisotopic (exact) mass is 297 g/mol. The molecule has 0 aromatic heterocycles. The molecule has 3 rings (SSSR count). The Bertz CT molecular complexity index is 465. The van der Waals surface area contributed by atoms with Crippen LogP contribution in [0, 0.1) is 0 Å². The van der Waals surface area contributed by atoms with E-state index in [1.807, 2.05) is 6.07 Å². The predicted octanol–water partition coefficient (Wildman–Crippen LogP) is 3.65. The van der Waals surface area contributed by atoms with Gasteiger partial charge >= 0.3 is 6.61 Å². The molecule has 5 heteroatoms. The maximum absolute atomic E-state index is 12.3. The van der Waals surface area contributed by atoms with E-state index in [4.69, 9.17) is 4.74 Å². The van der Waals surface area contributed by atoms with Crippen LogP contribution in [-0.2, 0) is 4.74 Å². The van der Waals surface area contributed by atoms with Crippen molar-refractivity contribution in [3.05, 3.63) is 29.8 Å². The highest BCUT2D eigenvalue weighted by molar-refractivity contribution is 5.30. The fourth-order valence-corrected chi connectivity index (χ4v) is 3.33. The molecule has 1 aliphatic carbocycles. The largest absolute Gasteiger partial charge is 0.435 e. The first-order valence-electron chi connectivity index (χ1n) is 7.58. The summed E-state index contributed by atoms with van der Waals surface area (Å²) in [7, 11) is 0. The Labute approximate surface area is 123 Å². The Balaban J connectivity index is 1.63. The summed E-state index contributed by atoms with van der Waals surface area (Å²) in [5.41, 5.74) is 1.01. The maximum atomic E-state index is 12.3. The third-order valence-electron chi connectivity index (χ3n) is 4.49. The summed E-state index contributed by atoms with van der Waals surface area (Å²) in [5.74, 6) is 0.184. The number of halogens is 2. The zero-order chi connectivity index (χ0) is 14.7. The Morgan fingerprint density at radius 1 is 1.24 bits per heavy atom. The molecule has 1 aromatic rings. The molecule has 0 radical (unpaired) electrons. The second-order valence-electron chi connectivity index (χ2n) is 5.97. The number of nitrogens with one attached hydrogen (secondary N) is 1. The van der Waals surface area contributed by atoms with Crippen LogP contribution in [0.3, 0.4) is 0 Å². The van der Waals surface area contributed by atoms with Crippen LogP contribution in [0.25, 0.3) is 0 Å². The lowest BCUT2D eigenvalue weighted by molar-refractivity contribution is -0.0525. The van der Waals surface area contributed by atoms with Gasteiger partial charge in [0.1, 0.15) is 5.75 Å². The van der Waals surface area contributed by atoms with Gasteiger partial charge in [-0.15, -0.1) is 0 Å². The van der Waals surface area contributed by atoms with Crippen molar-refractivity contribution in [1.82, 2.24) is 5.32 Å². The van der Waals surface area contributed by atoms with Crippen molar-refractivity contribution >= 4 is 0 Å². The van der Waals surface area contributed by atoms with Crippen molar-refractivity contribution in [1.29, 1.82) is 0 Å². The maximum Gasteiger partial charge on any atom is 0.387 e. The molecule has 116 valence electrons. The third kappa shape index (κ3) is 3.52. The van der Waals surface area contributed by atoms with Gasteiger partial charge in [0, 0.05) is 12.1 Å². The van der Waals surface area contributed by atoms with Gasteiger partial charge in [-0.3, -0.25) is 0 Å². The number of alkyl halides is 2. The SMILES string of the molecule is FC(F)Oc1cccc(C2CNC3(CCCCC3)CO2)c1. The summed E-state index contributed by atoms with van der Waals surface area (Å²) in [6.07, 6.45) is 6.03. The Morgan fingerprint density at radius 2 is 2.05 bits per heavy atom. The van der Waals surface area contributed by atoms with Crippen molar-refractivity contribution < 1.29 is 18.3 Å². The van der Waals surface area contributed by atoms with E-state index in [2.05, 4.69) is 10.1 Å². The minimum atomic E-state index is -2.80. The van der Waals surface area contributed by atoms with E-state index < -0.39 is 6.61 Å².